The molecular formula is C20H22FN3O3. The second-order valence-corrected chi connectivity index (χ2v) is 6.31. The fourth-order valence-electron chi connectivity index (χ4n) is 3.09. The molecule has 6 nitrogen and oxygen atoms in total. The minimum atomic E-state index is -0.395. The third kappa shape index (κ3) is 4.62. The normalized spacial score (nSPS) is 16.7. The third-order valence-electron chi connectivity index (χ3n) is 4.58. The van der Waals surface area contributed by atoms with Gasteiger partial charge in [0, 0.05) is 26.2 Å². The molecule has 0 spiro atoms. The van der Waals surface area contributed by atoms with Crippen molar-refractivity contribution in [3.05, 3.63) is 71.0 Å². The first-order valence-electron chi connectivity index (χ1n) is 8.76. The fourth-order valence-corrected chi connectivity index (χ4v) is 3.09. The summed E-state index contributed by atoms with van der Waals surface area (Å²) in [7, 11) is 1.33. The molecule has 3 rings (SSSR count). The van der Waals surface area contributed by atoms with Crippen molar-refractivity contribution in [3.63, 3.8) is 0 Å². The zero-order valence-electron chi connectivity index (χ0n) is 15.1. The predicted octanol–water partition coefficient (Wildman–Crippen LogP) is 2.47. The molecule has 0 bridgehead atoms. The van der Waals surface area contributed by atoms with Crippen molar-refractivity contribution in [3.8, 4) is 0 Å². The molecule has 2 N–H and O–H groups in total. The van der Waals surface area contributed by atoms with Gasteiger partial charge in [-0.15, -0.1) is 0 Å². The summed E-state index contributed by atoms with van der Waals surface area (Å²) in [5.74, 6) is -0.692. The van der Waals surface area contributed by atoms with Crippen LogP contribution >= 0.6 is 0 Å². The largest absolute Gasteiger partial charge is 0.465 e. The third-order valence-corrected chi connectivity index (χ3v) is 4.58. The lowest BCUT2D eigenvalue weighted by Crippen LogP contribution is -2.51. The molecule has 0 radical (unpaired) electrons. The summed E-state index contributed by atoms with van der Waals surface area (Å²) in [5, 5.41) is 6.18. The molecule has 7 heteroatoms. The highest BCUT2D eigenvalue weighted by atomic mass is 19.1. The van der Waals surface area contributed by atoms with E-state index in [1.807, 2.05) is 0 Å². The number of nitrogens with zero attached hydrogens (tertiary/aromatic N) is 1. The highest BCUT2D eigenvalue weighted by Gasteiger charge is 2.27. The number of hydrogen-bond donors (Lipinski definition) is 2. The van der Waals surface area contributed by atoms with Gasteiger partial charge in [-0.25, -0.2) is 14.0 Å². The van der Waals surface area contributed by atoms with E-state index in [1.165, 1.54) is 19.2 Å². The van der Waals surface area contributed by atoms with Gasteiger partial charge in [-0.3, -0.25) is 0 Å². The second kappa shape index (κ2) is 8.64. The Labute approximate surface area is 157 Å². The standard InChI is InChI=1S/C20H22FN3O3/c1-27-19(25)16-4-2-14(3-5-16)12-23-20(26)24-11-10-22-13-18(24)15-6-8-17(21)9-7-15/h2-9,18,22H,10-13H2,1H3,(H,23,26). The summed E-state index contributed by atoms with van der Waals surface area (Å²) in [6.45, 7) is 2.24. The highest BCUT2D eigenvalue weighted by Crippen LogP contribution is 2.22. The number of carbonyl (C=O) groups is 2. The molecule has 1 unspecified atom stereocenters. The molecular weight excluding hydrogens is 349 g/mol. The van der Waals surface area contributed by atoms with Crippen molar-refractivity contribution in [1.82, 2.24) is 15.5 Å². The first-order chi connectivity index (χ1) is 13.1. The van der Waals surface area contributed by atoms with Gasteiger partial charge in [0.1, 0.15) is 5.82 Å². The first-order valence-corrected chi connectivity index (χ1v) is 8.76. The van der Waals surface area contributed by atoms with Crippen molar-refractivity contribution in [2.45, 2.75) is 12.6 Å². The zero-order chi connectivity index (χ0) is 19.2. The Balaban J connectivity index is 1.63. The van der Waals surface area contributed by atoms with Crippen LogP contribution in [0.15, 0.2) is 48.5 Å². The Bertz CT molecular complexity index is 793. The maximum Gasteiger partial charge on any atom is 0.337 e. The van der Waals surface area contributed by atoms with E-state index in [4.69, 9.17) is 0 Å². The average molecular weight is 371 g/mol. The van der Waals surface area contributed by atoms with E-state index in [9.17, 15) is 14.0 Å². The van der Waals surface area contributed by atoms with E-state index < -0.39 is 5.97 Å². The van der Waals surface area contributed by atoms with E-state index in [1.54, 1.807) is 41.3 Å². The van der Waals surface area contributed by atoms with Gasteiger partial charge in [0.15, 0.2) is 0 Å². The van der Waals surface area contributed by atoms with Crippen LogP contribution in [-0.2, 0) is 11.3 Å². The van der Waals surface area contributed by atoms with Crippen LogP contribution in [0, 0.1) is 5.82 Å². The van der Waals surface area contributed by atoms with Gasteiger partial charge in [0.05, 0.1) is 18.7 Å². The second-order valence-electron chi connectivity index (χ2n) is 6.31. The van der Waals surface area contributed by atoms with Gasteiger partial charge in [-0.2, -0.15) is 0 Å². The summed E-state index contributed by atoms with van der Waals surface area (Å²) in [6.07, 6.45) is 0. The first kappa shape index (κ1) is 18.8. The molecule has 1 atom stereocenters. The summed E-state index contributed by atoms with van der Waals surface area (Å²) in [5.41, 5.74) is 2.23. The number of methoxy groups -OCH3 is 1. The van der Waals surface area contributed by atoms with Crippen LogP contribution in [0.25, 0.3) is 0 Å². The Morgan fingerprint density at radius 1 is 1.19 bits per heavy atom. The molecule has 0 aromatic heterocycles. The summed E-state index contributed by atoms with van der Waals surface area (Å²) in [4.78, 5) is 25.9. The van der Waals surface area contributed by atoms with E-state index in [0.29, 0.717) is 31.7 Å². The lowest BCUT2D eigenvalue weighted by Gasteiger charge is -2.36. The Morgan fingerprint density at radius 2 is 1.89 bits per heavy atom. The number of halogens is 1. The van der Waals surface area contributed by atoms with Gasteiger partial charge in [0.2, 0.25) is 0 Å². The molecule has 1 saturated heterocycles. The van der Waals surface area contributed by atoms with Crippen LogP contribution in [0.3, 0.4) is 0 Å². The predicted molar refractivity (Wildman–Crippen MR) is 98.7 cm³/mol. The number of benzene rings is 2. The number of carbonyl (C=O) groups excluding carboxylic acids is 2. The van der Waals surface area contributed by atoms with Gasteiger partial charge >= 0.3 is 12.0 Å². The minimum Gasteiger partial charge on any atom is -0.465 e. The molecule has 142 valence electrons. The van der Waals surface area contributed by atoms with Gasteiger partial charge in [0.25, 0.3) is 0 Å². The molecule has 1 heterocycles. The van der Waals surface area contributed by atoms with Gasteiger partial charge in [-0.1, -0.05) is 24.3 Å². The molecule has 1 aliphatic rings. The van der Waals surface area contributed by atoms with Crippen LogP contribution in [0.1, 0.15) is 27.5 Å². The molecule has 0 saturated carbocycles. The SMILES string of the molecule is COC(=O)c1ccc(CNC(=O)N2CCNCC2c2ccc(F)cc2)cc1. The Morgan fingerprint density at radius 3 is 2.56 bits per heavy atom. The number of urea groups is 1. The van der Waals surface area contributed by atoms with Gasteiger partial charge < -0.3 is 20.3 Å². The summed E-state index contributed by atoms with van der Waals surface area (Å²) >= 11 is 0. The zero-order valence-corrected chi connectivity index (χ0v) is 15.1. The Kier molecular flexibility index (Phi) is 6.03. The van der Waals surface area contributed by atoms with Crippen LogP contribution in [-0.4, -0.2) is 43.6 Å². The summed E-state index contributed by atoms with van der Waals surface area (Å²) < 4.78 is 17.9. The number of esters is 1. The molecule has 2 aromatic carbocycles. The van der Waals surface area contributed by atoms with E-state index >= 15 is 0 Å². The monoisotopic (exact) mass is 371 g/mol. The number of rotatable bonds is 4. The fraction of sp³-hybridized carbons (Fsp3) is 0.300. The van der Waals surface area contributed by atoms with Gasteiger partial charge in [-0.05, 0) is 35.4 Å². The van der Waals surface area contributed by atoms with Crippen molar-refractivity contribution in [1.29, 1.82) is 0 Å². The Hall–Kier alpha value is -2.93. The molecule has 1 aliphatic heterocycles. The number of nitrogens with one attached hydrogen (secondary N) is 2. The van der Waals surface area contributed by atoms with Crippen molar-refractivity contribution < 1.29 is 18.7 Å². The lowest BCUT2D eigenvalue weighted by molar-refractivity contribution is 0.0600. The number of hydrogen-bond acceptors (Lipinski definition) is 4. The molecule has 2 amide bonds. The summed E-state index contributed by atoms with van der Waals surface area (Å²) in [6, 6.07) is 12.8. The molecule has 2 aromatic rings. The number of amides is 2. The number of piperazine rings is 1. The average Bonchev–Trinajstić information content (AvgIpc) is 2.72. The quantitative estimate of drug-likeness (QED) is 0.810. The van der Waals surface area contributed by atoms with E-state index in [2.05, 4.69) is 15.4 Å². The van der Waals surface area contributed by atoms with Crippen molar-refractivity contribution in [2.24, 2.45) is 0 Å². The molecule has 27 heavy (non-hydrogen) atoms. The van der Waals surface area contributed by atoms with Crippen LogP contribution in [0.5, 0.6) is 0 Å². The minimum absolute atomic E-state index is 0.152. The smallest absolute Gasteiger partial charge is 0.337 e. The lowest BCUT2D eigenvalue weighted by atomic mass is 10.0. The topological polar surface area (TPSA) is 70.7 Å². The molecule has 1 fully saturated rings. The van der Waals surface area contributed by atoms with Crippen molar-refractivity contribution >= 4 is 12.0 Å². The molecule has 0 aliphatic carbocycles. The number of ether oxygens (including phenoxy) is 1. The van der Waals surface area contributed by atoms with Crippen LogP contribution in [0.4, 0.5) is 9.18 Å². The highest BCUT2D eigenvalue weighted by molar-refractivity contribution is 5.89. The van der Waals surface area contributed by atoms with E-state index in [-0.39, 0.29) is 17.9 Å². The van der Waals surface area contributed by atoms with Crippen LogP contribution < -0.4 is 10.6 Å². The van der Waals surface area contributed by atoms with Crippen molar-refractivity contribution in [2.75, 3.05) is 26.7 Å². The van der Waals surface area contributed by atoms with E-state index in [0.717, 1.165) is 11.1 Å². The maximum atomic E-state index is 13.2. The van der Waals surface area contributed by atoms with Crippen LogP contribution in [0.2, 0.25) is 0 Å². The maximum absolute atomic E-state index is 13.2.